The van der Waals surface area contributed by atoms with Crippen LogP contribution < -0.4 is 0 Å². The highest BCUT2D eigenvalue weighted by atomic mass is 32.1. The Hall–Kier alpha value is -0.900. The number of nitrogens with zero attached hydrogens (tertiary/aromatic N) is 2. The van der Waals surface area contributed by atoms with Gasteiger partial charge >= 0.3 is 0 Å². The fourth-order valence-electron chi connectivity index (χ4n) is 3.03. The highest BCUT2D eigenvalue weighted by Crippen LogP contribution is 2.27. The zero-order valence-electron chi connectivity index (χ0n) is 12.0. The van der Waals surface area contributed by atoms with Crippen LogP contribution >= 0.6 is 11.3 Å². The number of thiazole rings is 1. The van der Waals surface area contributed by atoms with E-state index in [1.807, 2.05) is 10.9 Å². The molecule has 1 saturated heterocycles. The zero-order chi connectivity index (χ0) is 13.7. The van der Waals surface area contributed by atoms with Gasteiger partial charge < -0.3 is 4.90 Å². The molecule has 3 nitrogen and oxygen atoms in total. The van der Waals surface area contributed by atoms with Crippen LogP contribution in [0, 0.1) is 5.92 Å². The molecule has 106 valence electrons. The molecule has 2 atom stereocenters. The van der Waals surface area contributed by atoms with Crippen molar-refractivity contribution < 1.29 is 4.79 Å². The van der Waals surface area contributed by atoms with Crippen molar-refractivity contribution in [3.05, 3.63) is 16.6 Å². The second-order valence-corrected chi connectivity index (χ2v) is 6.26. The quantitative estimate of drug-likeness (QED) is 0.827. The summed E-state index contributed by atoms with van der Waals surface area (Å²) in [6.45, 7) is 5.45. The fraction of sp³-hybridized carbons (Fsp3) is 0.733. The maximum absolute atomic E-state index is 12.4. The smallest absolute Gasteiger partial charge is 0.223 e. The van der Waals surface area contributed by atoms with Gasteiger partial charge in [0.25, 0.3) is 0 Å². The lowest BCUT2D eigenvalue weighted by Crippen LogP contribution is -2.47. The monoisotopic (exact) mass is 280 g/mol. The number of amides is 1. The van der Waals surface area contributed by atoms with E-state index in [9.17, 15) is 4.79 Å². The lowest BCUT2D eigenvalue weighted by Gasteiger charge is -2.40. The van der Waals surface area contributed by atoms with Crippen molar-refractivity contribution in [2.75, 3.05) is 6.54 Å². The molecule has 0 bridgehead atoms. The van der Waals surface area contributed by atoms with E-state index in [1.54, 1.807) is 11.3 Å². The molecule has 4 heteroatoms. The SMILES string of the molecule is CCC[C@H]1[C@@H](C)CCCN1C(=O)CCc1cscn1. The van der Waals surface area contributed by atoms with E-state index in [-0.39, 0.29) is 0 Å². The van der Waals surface area contributed by atoms with E-state index >= 15 is 0 Å². The molecular formula is C15H24N2OS. The maximum Gasteiger partial charge on any atom is 0.223 e. The van der Waals surface area contributed by atoms with Crippen LogP contribution in [0.1, 0.15) is 51.6 Å². The first kappa shape index (κ1) is 14.5. The highest BCUT2D eigenvalue weighted by Gasteiger charge is 2.30. The van der Waals surface area contributed by atoms with Gasteiger partial charge in [-0.15, -0.1) is 11.3 Å². The van der Waals surface area contributed by atoms with Crippen molar-refractivity contribution in [3.8, 4) is 0 Å². The Kier molecular flexibility index (Phi) is 5.37. The number of hydrogen-bond donors (Lipinski definition) is 0. The summed E-state index contributed by atoms with van der Waals surface area (Å²) in [5, 5.41) is 2.04. The number of hydrogen-bond acceptors (Lipinski definition) is 3. The molecule has 1 aromatic rings. The number of rotatable bonds is 5. The van der Waals surface area contributed by atoms with Crippen molar-refractivity contribution in [2.45, 2.75) is 58.4 Å². The molecular weight excluding hydrogens is 256 g/mol. The molecule has 0 spiro atoms. The molecule has 19 heavy (non-hydrogen) atoms. The lowest BCUT2D eigenvalue weighted by molar-refractivity contribution is -0.136. The normalized spacial score (nSPS) is 23.6. The Bertz CT molecular complexity index is 391. The maximum atomic E-state index is 12.4. The Balaban J connectivity index is 1.91. The van der Waals surface area contributed by atoms with Crippen molar-refractivity contribution in [1.29, 1.82) is 0 Å². The van der Waals surface area contributed by atoms with E-state index in [0.29, 0.717) is 24.3 Å². The predicted octanol–water partition coefficient (Wildman–Crippen LogP) is 3.50. The van der Waals surface area contributed by atoms with Gasteiger partial charge in [0.15, 0.2) is 0 Å². The van der Waals surface area contributed by atoms with Crippen molar-refractivity contribution in [3.63, 3.8) is 0 Å². The molecule has 1 aliphatic rings. The first-order chi connectivity index (χ1) is 9.22. The molecule has 0 aliphatic carbocycles. The number of piperidine rings is 1. The number of carbonyl (C=O) groups is 1. The van der Waals surface area contributed by atoms with E-state index in [0.717, 1.165) is 37.9 Å². The second kappa shape index (κ2) is 7.04. The van der Waals surface area contributed by atoms with Crippen LogP contribution in [0.4, 0.5) is 0 Å². The molecule has 2 rings (SSSR count). The molecule has 2 heterocycles. The summed E-state index contributed by atoms with van der Waals surface area (Å²) >= 11 is 1.60. The van der Waals surface area contributed by atoms with Gasteiger partial charge in [-0.05, 0) is 31.6 Å². The molecule has 1 aromatic heterocycles. The molecule has 0 radical (unpaired) electrons. The van der Waals surface area contributed by atoms with Crippen LogP contribution in [-0.4, -0.2) is 28.4 Å². The minimum absolute atomic E-state index is 0.318. The van der Waals surface area contributed by atoms with Gasteiger partial charge in [-0.25, -0.2) is 4.98 Å². The van der Waals surface area contributed by atoms with Gasteiger partial charge in [0.2, 0.25) is 5.91 Å². The van der Waals surface area contributed by atoms with Crippen LogP contribution in [0.25, 0.3) is 0 Å². The fourth-order valence-corrected chi connectivity index (χ4v) is 3.63. The Labute approximate surface area is 120 Å². The summed E-state index contributed by atoms with van der Waals surface area (Å²) < 4.78 is 0. The summed E-state index contributed by atoms with van der Waals surface area (Å²) in [7, 11) is 0. The zero-order valence-corrected chi connectivity index (χ0v) is 12.8. The van der Waals surface area contributed by atoms with E-state index in [2.05, 4.69) is 23.7 Å². The van der Waals surface area contributed by atoms with Crippen LogP contribution in [0.15, 0.2) is 10.9 Å². The number of aryl methyl sites for hydroxylation is 1. The van der Waals surface area contributed by atoms with Gasteiger partial charge in [0.05, 0.1) is 11.2 Å². The number of carbonyl (C=O) groups excluding carboxylic acids is 1. The summed E-state index contributed by atoms with van der Waals surface area (Å²) in [6.07, 6.45) is 6.11. The van der Waals surface area contributed by atoms with E-state index in [1.165, 1.54) is 6.42 Å². The van der Waals surface area contributed by atoms with E-state index < -0.39 is 0 Å². The van der Waals surface area contributed by atoms with Crippen LogP contribution in [0.2, 0.25) is 0 Å². The first-order valence-electron chi connectivity index (χ1n) is 7.39. The minimum atomic E-state index is 0.318. The summed E-state index contributed by atoms with van der Waals surface area (Å²) in [5.41, 5.74) is 2.89. The van der Waals surface area contributed by atoms with Gasteiger partial charge in [0, 0.05) is 24.4 Å². The minimum Gasteiger partial charge on any atom is -0.339 e. The largest absolute Gasteiger partial charge is 0.339 e. The van der Waals surface area contributed by atoms with Crippen LogP contribution in [-0.2, 0) is 11.2 Å². The lowest BCUT2D eigenvalue weighted by atomic mass is 9.87. The predicted molar refractivity (Wildman–Crippen MR) is 79.2 cm³/mol. The Morgan fingerprint density at radius 1 is 1.58 bits per heavy atom. The van der Waals surface area contributed by atoms with Gasteiger partial charge in [-0.1, -0.05) is 20.3 Å². The molecule has 0 N–H and O–H groups in total. The molecule has 1 aliphatic heterocycles. The van der Waals surface area contributed by atoms with Gasteiger partial charge in [-0.2, -0.15) is 0 Å². The Morgan fingerprint density at radius 3 is 3.11 bits per heavy atom. The molecule has 1 amide bonds. The first-order valence-corrected chi connectivity index (χ1v) is 8.33. The third kappa shape index (κ3) is 3.78. The van der Waals surface area contributed by atoms with E-state index in [4.69, 9.17) is 0 Å². The van der Waals surface area contributed by atoms with Crippen molar-refractivity contribution in [1.82, 2.24) is 9.88 Å². The molecule has 0 unspecified atom stereocenters. The molecule has 0 saturated carbocycles. The molecule has 1 fully saturated rings. The third-order valence-corrected chi connectivity index (χ3v) is 4.73. The van der Waals surface area contributed by atoms with Gasteiger partial charge in [0.1, 0.15) is 0 Å². The second-order valence-electron chi connectivity index (χ2n) is 5.54. The summed E-state index contributed by atoms with van der Waals surface area (Å²) in [5.74, 6) is 0.968. The van der Waals surface area contributed by atoms with Crippen molar-refractivity contribution >= 4 is 17.2 Å². The third-order valence-electron chi connectivity index (χ3n) is 4.10. The Morgan fingerprint density at radius 2 is 2.42 bits per heavy atom. The molecule has 0 aromatic carbocycles. The summed E-state index contributed by atoms with van der Waals surface area (Å²) in [4.78, 5) is 18.8. The van der Waals surface area contributed by atoms with Crippen LogP contribution in [0.5, 0.6) is 0 Å². The average molecular weight is 280 g/mol. The average Bonchev–Trinajstić information content (AvgIpc) is 2.92. The topological polar surface area (TPSA) is 33.2 Å². The summed E-state index contributed by atoms with van der Waals surface area (Å²) in [6, 6.07) is 0.460. The van der Waals surface area contributed by atoms with Crippen LogP contribution in [0.3, 0.4) is 0 Å². The number of aromatic nitrogens is 1. The van der Waals surface area contributed by atoms with Crippen molar-refractivity contribution in [2.24, 2.45) is 5.92 Å². The van der Waals surface area contributed by atoms with Gasteiger partial charge in [-0.3, -0.25) is 4.79 Å². The number of likely N-dealkylation sites (tertiary alicyclic amines) is 1. The highest BCUT2D eigenvalue weighted by molar-refractivity contribution is 7.07. The standard InChI is InChI=1S/C15H24N2OS/c1-3-5-14-12(2)6-4-9-17(14)15(18)8-7-13-10-19-11-16-13/h10-12,14H,3-9H2,1-2H3/t12-,14-/m0/s1.